The molecule has 5 heteroatoms. The van der Waals surface area contributed by atoms with Crippen LogP contribution in [0, 0.1) is 5.82 Å². The van der Waals surface area contributed by atoms with Gasteiger partial charge in [-0.3, -0.25) is 0 Å². The van der Waals surface area contributed by atoms with Crippen LogP contribution in [0.25, 0.3) is 0 Å². The van der Waals surface area contributed by atoms with E-state index in [1.165, 1.54) is 6.07 Å². The minimum absolute atomic E-state index is 0.234. The molecule has 0 radical (unpaired) electrons. The van der Waals surface area contributed by atoms with Crippen molar-refractivity contribution in [3.63, 3.8) is 0 Å². The van der Waals surface area contributed by atoms with Crippen LogP contribution < -0.4 is 5.73 Å². The Balaban J connectivity index is 1.70. The van der Waals surface area contributed by atoms with Gasteiger partial charge in [-0.05, 0) is 49.8 Å². The molecule has 2 aliphatic rings. The molecule has 2 N–H and O–H groups in total. The Hall–Kier alpha value is -1.75. The second kappa shape index (κ2) is 3.88. The van der Waals surface area contributed by atoms with E-state index in [0.717, 1.165) is 37.7 Å². The second-order valence-corrected chi connectivity index (χ2v) is 6.03. The summed E-state index contributed by atoms with van der Waals surface area (Å²) in [6.45, 7) is 0. The largest absolute Gasteiger partial charge is 0.338 e. The predicted molar refractivity (Wildman–Crippen MR) is 70.4 cm³/mol. The molecular formula is C15H16FN3O. The summed E-state index contributed by atoms with van der Waals surface area (Å²) in [6.07, 6.45) is 4.73. The fraction of sp³-hybridized carbons (Fsp3) is 0.467. The first-order valence-corrected chi connectivity index (χ1v) is 7.02. The van der Waals surface area contributed by atoms with Crippen LogP contribution in [0.3, 0.4) is 0 Å². The standard InChI is InChI=1S/C15H16FN3O/c16-11-4-1-3-10(9-11)14(7-8-14)13-18-12(19-20-13)15(17)5-2-6-15/h1,3-4,9H,2,5-8,17H2. The van der Waals surface area contributed by atoms with Crippen LogP contribution >= 0.6 is 0 Å². The maximum Gasteiger partial charge on any atom is 0.237 e. The minimum atomic E-state index is -0.417. The van der Waals surface area contributed by atoms with Gasteiger partial charge < -0.3 is 10.3 Å². The highest BCUT2D eigenvalue weighted by Gasteiger charge is 2.52. The first-order valence-electron chi connectivity index (χ1n) is 7.02. The summed E-state index contributed by atoms with van der Waals surface area (Å²) >= 11 is 0. The Kier molecular flexibility index (Phi) is 2.33. The molecule has 0 saturated heterocycles. The molecule has 4 nitrogen and oxygen atoms in total. The molecule has 104 valence electrons. The third kappa shape index (κ3) is 1.62. The number of rotatable bonds is 3. The number of hydrogen-bond donors (Lipinski definition) is 1. The number of benzene rings is 1. The van der Waals surface area contributed by atoms with Gasteiger partial charge in [0.25, 0.3) is 0 Å². The van der Waals surface area contributed by atoms with Crippen molar-refractivity contribution in [2.75, 3.05) is 0 Å². The van der Waals surface area contributed by atoms with Crippen LogP contribution in [0.15, 0.2) is 28.8 Å². The highest BCUT2D eigenvalue weighted by Crippen LogP contribution is 2.53. The van der Waals surface area contributed by atoms with Crippen molar-refractivity contribution in [3.8, 4) is 0 Å². The smallest absolute Gasteiger partial charge is 0.237 e. The number of nitrogens with two attached hydrogens (primary N) is 1. The van der Waals surface area contributed by atoms with Gasteiger partial charge in [0.05, 0.1) is 11.0 Å². The monoisotopic (exact) mass is 273 g/mol. The molecule has 20 heavy (non-hydrogen) atoms. The molecule has 0 bridgehead atoms. The van der Waals surface area contributed by atoms with E-state index in [0.29, 0.717) is 11.7 Å². The third-order valence-corrected chi connectivity index (χ3v) is 4.65. The SMILES string of the molecule is NC1(c2noc(C3(c4cccc(F)c4)CC3)n2)CCC1. The van der Waals surface area contributed by atoms with Gasteiger partial charge in [0, 0.05) is 0 Å². The van der Waals surface area contributed by atoms with Crippen LogP contribution in [0.5, 0.6) is 0 Å². The molecule has 1 aromatic carbocycles. The fourth-order valence-corrected chi connectivity index (χ4v) is 2.94. The lowest BCUT2D eigenvalue weighted by Crippen LogP contribution is -2.44. The van der Waals surface area contributed by atoms with Crippen molar-refractivity contribution >= 4 is 0 Å². The minimum Gasteiger partial charge on any atom is -0.338 e. The van der Waals surface area contributed by atoms with Gasteiger partial charge in [-0.1, -0.05) is 17.3 Å². The zero-order chi connectivity index (χ0) is 13.8. The molecule has 2 aliphatic carbocycles. The van der Waals surface area contributed by atoms with Gasteiger partial charge in [0.2, 0.25) is 5.89 Å². The first-order chi connectivity index (χ1) is 9.62. The van der Waals surface area contributed by atoms with E-state index < -0.39 is 5.54 Å². The predicted octanol–water partition coefficient (Wildman–Crippen LogP) is 2.63. The molecule has 0 atom stereocenters. The Morgan fingerprint density at radius 3 is 2.60 bits per heavy atom. The summed E-state index contributed by atoms with van der Waals surface area (Å²) in [5.41, 5.74) is 6.41. The molecule has 2 fully saturated rings. The third-order valence-electron chi connectivity index (χ3n) is 4.65. The molecule has 1 aromatic heterocycles. The molecule has 0 aliphatic heterocycles. The molecular weight excluding hydrogens is 257 g/mol. The van der Waals surface area contributed by atoms with E-state index in [1.807, 2.05) is 6.07 Å². The fourth-order valence-electron chi connectivity index (χ4n) is 2.94. The summed E-state index contributed by atoms with van der Waals surface area (Å²) in [5.74, 6) is 0.944. The van der Waals surface area contributed by atoms with Gasteiger partial charge in [0.1, 0.15) is 5.82 Å². The summed E-state index contributed by atoms with van der Waals surface area (Å²) in [5, 5.41) is 4.06. The Bertz CT molecular complexity index is 659. The number of aromatic nitrogens is 2. The summed E-state index contributed by atoms with van der Waals surface area (Å²) in [4.78, 5) is 4.52. The van der Waals surface area contributed by atoms with Gasteiger partial charge >= 0.3 is 0 Å². The number of halogens is 1. The van der Waals surface area contributed by atoms with Crippen molar-refractivity contribution in [2.45, 2.75) is 43.1 Å². The van der Waals surface area contributed by atoms with E-state index in [2.05, 4.69) is 10.1 Å². The second-order valence-electron chi connectivity index (χ2n) is 6.03. The van der Waals surface area contributed by atoms with E-state index in [-0.39, 0.29) is 11.2 Å². The first kappa shape index (κ1) is 12.0. The van der Waals surface area contributed by atoms with Crippen molar-refractivity contribution in [1.29, 1.82) is 0 Å². The molecule has 4 rings (SSSR count). The van der Waals surface area contributed by atoms with Crippen LogP contribution in [-0.2, 0) is 11.0 Å². The van der Waals surface area contributed by atoms with E-state index in [4.69, 9.17) is 10.3 Å². The van der Waals surface area contributed by atoms with Crippen LogP contribution in [0.1, 0.15) is 49.4 Å². The Morgan fingerprint density at radius 1 is 1.20 bits per heavy atom. The van der Waals surface area contributed by atoms with E-state index in [1.54, 1.807) is 12.1 Å². The highest BCUT2D eigenvalue weighted by molar-refractivity contribution is 5.38. The maximum absolute atomic E-state index is 13.4. The van der Waals surface area contributed by atoms with E-state index in [9.17, 15) is 4.39 Å². The summed E-state index contributed by atoms with van der Waals surface area (Å²) in [7, 11) is 0. The van der Waals surface area contributed by atoms with Crippen LogP contribution in [-0.4, -0.2) is 10.1 Å². The van der Waals surface area contributed by atoms with Gasteiger partial charge in [0.15, 0.2) is 5.82 Å². The summed E-state index contributed by atoms with van der Waals surface area (Å²) in [6, 6.07) is 6.64. The zero-order valence-electron chi connectivity index (χ0n) is 11.1. The van der Waals surface area contributed by atoms with Gasteiger partial charge in [-0.15, -0.1) is 0 Å². The number of hydrogen-bond acceptors (Lipinski definition) is 4. The van der Waals surface area contributed by atoms with Crippen molar-refractivity contribution in [3.05, 3.63) is 47.4 Å². The van der Waals surface area contributed by atoms with Crippen molar-refractivity contribution in [1.82, 2.24) is 10.1 Å². The molecule has 0 amide bonds. The Morgan fingerprint density at radius 2 is 2.00 bits per heavy atom. The lowest BCUT2D eigenvalue weighted by atomic mass is 9.77. The lowest BCUT2D eigenvalue weighted by Gasteiger charge is -2.34. The molecule has 0 spiro atoms. The van der Waals surface area contributed by atoms with Crippen LogP contribution in [0.2, 0.25) is 0 Å². The average molecular weight is 273 g/mol. The van der Waals surface area contributed by atoms with Crippen molar-refractivity contribution < 1.29 is 8.91 Å². The van der Waals surface area contributed by atoms with Crippen molar-refractivity contribution in [2.24, 2.45) is 5.73 Å². The molecule has 2 aromatic rings. The highest BCUT2D eigenvalue weighted by atomic mass is 19.1. The Labute approximate surface area is 116 Å². The molecule has 2 saturated carbocycles. The maximum atomic E-state index is 13.4. The van der Waals surface area contributed by atoms with Crippen LogP contribution in [0.4, 0.5) is 4.39 Å². The van der Waals surface area contributed by atoms with E-state index >= 15 is 0 Å². The van der Waals surface area contributed by atoms with Gasteiger partial charge in [-0.2, -0.15) is 4.98 Å². The lowest BCUT2D eigenvalue weighted by molar-refractivity contribution is 0.228. The van der Waals surface area contributed by atoms with Gasteiger partial charge in [-0.25, -0.2) is 4.39 Å². The number of nitrogens with zero attached hydrogens (tertiary/aromatic N) is 2. The molecule has 0 unspecified atom stereocenters. The quantitative estimate of drug-likeness (QED) is 0.933. The molecule has 1 heterocycles. The zero-order valence-corrected chi connectivity index (χ0v) is 11.1. The average Bonchev–Trinajstić information content (AvgIpc) is 3.07. The normalized spacial score (nSPS) is 22.3. The summed E-state index contributed by atoms with van der Waals surface area (Å²) < 4.78 is 18.9. The topological polar surface area (TPSA) is 64.9 Å².